The third-order valence-electron chi connectivity index (χ3n) is 4.04. The summed E-state index contributed by atoms with van der Waals surface area (Å²) in [5.74, 6) is -2.21. The lowest BCUT2D eigenvalue weighted by Gasteiger charge is -2.22. The van der Waals surface area contributed by atoms with Crippen LogP contribution in [0.25, 0.3) is 10.2 Å². The minimum absolute atomic E-state index is 0.0359. The van der Waals surface area contributed by atoms with E-state index in [0.29, 0.717) is 6.54 Å². The monoisotopic (exact) mass is 440 g/mol. The van der Waals surface area contributed by atoms with E-state index in [1.54, 1.807) is 14.1 Å². The Morgan fingerprint density at radius 1 is 1.24 bits per heavy atom. The second-order valence-corrected chi connectivity index (χ2v) is 7.83. The molecule has 1 aromatic heterocycles. The molecule has 7 nitrogen and oxygen atoms in total. The van der Waals surface area contributed by atoms with Crippen LogP contribution in [0.1, 0.15) is 10.4 Å². The number of thiazole rings is 1. The SMILES string of the molecule is CN(C)CCN(C(=O)c1cc([N+](=O)[O-])ccc1Cl)c1nc2c(F)cc(F)cc2s1. The first-order chi connectivity index (χ1) is 13.7. The number of nitrogens with zero attached hydrogens (tertiary/aromatic N) is 4. The molecule has 0 fully saturated rings. The van der Waals surface area contributed by atoms with Crippen molar-refractivity contribution in [3.63, 3.8) is 0 Å². The highest BCUT2D eigenvalue weighted by molar-refractivity contribution is 7.22. The molecular weight excluding hydrogens is 426 g/mol. The third-order valence-corrected chi connectivity index (χ3v) is 5.39. The summed E-state index contributed by atoms with van der Waals surface area (Å²) < 4.78 is 27.8. The van der Waals surface area contributed by atoms with Crippen molar-refractivity contribution in [2.24, 2.45) is 0 Å². The number of aromatic nitrogens is 1. The Kier molecular flexibility index (Phi) is 6.06. The first-order valence-corrected chi connectivity index (χ1v) is 9.53. The van der Waals surface area contributed by atoms with Gasteiger partial charge in [0.2, 0.25) is 0 Å². The van der Waals surface area contributed by atoms with E-state index in [-0.39, 0.29) is 38.2 Å². The van der Waals surface area contributed by atoms with Gasteiger partial charge in [0.25, 0.3) is 11.6 Å². The lowest BCUT2D eigenvalue weighted by molar-refractivity contribution is -0.384. The van der Waals surface area contributed by atoms with E-state index in [1.165, 1.54) is 17.0 Å². The van der Waals surface area contributed by atoms with Crippen molar-refractivity contribution in [2.45, 2.75) is 0 Å². The summed E-state index contributed by atoms with van der Waals surface area (Å²) in [4.78, 5) is 30.9. The van der Waals surface area contributed by atoms with Gasteiger partial charge in [-0.2, -0.15) is 0 Å². The van der Waals surface area contributed by atoms with Gasteiger partial charge in [-0.3, -0.25) is 19.8 Å². The van der Waals surface area contributed by atoms with Crippen LogP contribution in [0, 0.1) is 21.7 Å². The van der Waals surface area contributed by atoms with Crippen molar-refractivity contribution in [2.75, 3.05) is 32.1 Å². The van der Waals surface area contributed by atoms with Crippen molar-refractivity contribution < 1.29 is 18.5 Å². The summed E-state index contributed by atoms with van der Waals surface area (Å²) in [5, 5.41) is 11.2. The first kappa shape index (κ1) is 21.0. The van der Waals surface area contributed by atoms with Crippen LogP contribution in [0.3, 0.4) is 0 Å². The third kappa shape index (κ3) is 4.50. The molecule has 1 amide bonds. The Morgan fingerprint density at radius 2 is 1.97 bits per heavy atom. The van der Waals surface area contributed by atoms with Crippen LogP contribution < -0.4 is 4.90 Å². The van der Waals surface area contributed by atoms with E-state index >= 15 is 0 Å². The zero-order valence-electron chi connectivity index (χ0n) is 15.4. The lowest BCUT2D eigenvalue weighted by atomic mass is 10.1. The van der Waals surface area contributed by atoms with Crippen LogP contribution in [-0.4, -0.2) is 47.9 Å². The number of hydrogen-bond acceptors (Lipinski definition) is 6. The Hall–Kier alpha value is -2.69. The van der Waals surface area contributed by atoms with Gasteiger partial charge in [-0.05, 0) is 26.2 Å². The van der Waals surface area contributed by atoms with E-state index in [2.05, 4.69) is 4.98 Å². The molecule has 3 aromatic rings. The van der Waals surface area contributed by atoms with Gasteiger partial charge in [-0.25, -0.2) is 13.8 Å². The second-order valence-electron chi connectivity index (χ2n) is 6.41. The van der Waals surface area contributed by atoms with Gasteiger partial charge in [0.1, 0.15) is 11.3 Å². The normalized spacial score (nSPS) is 11.2. The van der Waals surface area contributed by atoms with Crippen molar-refractivity contribution in [1.82, 2.24) is 9.88 Å². The molecule has 0 aliphatic heterocycles. The highest BCUT2D eigenvalue weighted by atomic mass is 35.5. The number of amides is 1. The van der Waals surface area contributed by atoms with Crippen molar-refractivity contribution in [3.05, 3.63) is 62.7 Å². The molecular formula is C18H15ClF2N4O3S. The molecule has 0 unspecified atom stereocenters. The summed E-state index contributed by atoms with van der Waals surface area (Å²) in [6.07, 6.45) is 0. The van der Waals surface area contributed by atoms with E-state index in [0.717, 1.165) is 29.5 Å². The predicted octanol–water partition coefficient (Wildman–Crippen LogP) is 4.34. The molecule has 11 heteroatoms. The Bertz CT molecular complexity index is 1110. The first-order valence-electron chi connectivity index (χ1n) is 8.33. The van der Waals surface area contributed by atoms with Gasteiger partial charge >= 0.3 is 0 Å². The molecule has 0 saturated heterocycles. The summed E-state index contributed by atoms with van der Waals surface area (Å²) in [7, 11) is 3.60. The van der Waals surface area contributed by atoms with Gasteiger partial charge < -0.3 is 4.90 Å². The van der Waals surface area contributed by atoms with Gasteiger partial charge in [-0.1, -0.05) is 22.9 Å². The number of halogens is 3. The average Bonchev–Trinajstić information content (AvgIpc) is 3.05. The van der Waals surface area contributed by atoms with Crippen molar-refractivity contribution in [1.29, 1.82) is 0 Å². The van der Waals surface area contributed by atoms with Gasteiger partial charge in [0, 0.05) is 31.3 Å². The standard InChI is InChI=1S/C18H15ClF2N4O3S/c1-23(2)5-6-24(17(26)12-9-11(25(27)28)3-4-13(12)19)18-22-16-14(21)7-10(20)8-15(16)29-18/h3-4,7-9H,5-6H2,1-2H3. The Balaban J connectivity index is 2.08. The molecule has 0 saturated carbocycles. The number of nitro groups is 1. The largest absolute Gasteiger partial charge is 0.308 e. The van der Waals surface area contributed by atoms with Crippen molar-refractivity contribution in [3.8, 4) is 0 Å². The van der Waals surface area contributed by atoms with Crippen molar-refractivity contribution >= 4 is 49.9 Å². The highest BCUT2D eigenvalue weighted by Crippen LogP contribution is 2.33. The number of carbonyl (C=O) groups is 1. The van der Waals surface area contributed by atoms with Gasteiger partial charge in [-0.15, -0.1) is 0 Å². The quantitative estimate of drug-likeness (QED) is 0.420. The summed E-state index contributed by atoms with van der Waals surface area (Å²) >= 11 is 7.05. The number of anilines is 1. The van der Waals surface area contributed by atoms with Crippen LogP contribution in [0.15, 0.2) is 30.3 Å². The summed E-state index contributed by atoms with van der Waals surface area (Å²) in [6.45, 7) is 0.597. The molecule has 0 atom stereocenters. The summed E-state index contributed by atoms with van der Waals surface area (Å²) in [5.41, 5.74) is -0.424. The molecule has 2 aromatic carbocycles. The number of fused-ring (bicyclic) bond motifs is 1. The highest BCUT2D eigenvalue weighted by Gasteiger charge is 2.26. The Morgan fingerprint density at radius 3 is 2.62 bits per heavy atom. The number of carbonyl (C=O) groups excluding carboxylic acids is 1. The zero-order valence-corrected chi connectivity index (χ0v) is 16.9. The van der Waals surface area contributed by atoms with Crippen LogP contribution in [0.4, 0.5) is 19.6 Å². The number of benzene rings is 2. The van der Waals surface area contributed by atoms with Crippen LogP contribution in [0.2, 0.25) is 5.02 Å². The van der Waals surface area contributed by atoms with Crippen LogP contribution in [0.5, 0.6) is 0 Å². The molecule has 0 aliphatic rings. The number of non-ortho nitro benzene ring substituents is 1. The van der Waals surface area contributed by atoms with Crippen LogP contribution >= 0.6 is 22.9 Å². The van der Waals surface area contributed by atoms with E-state index < -0.39 is 22.5 Å². The van der Waals surface area contributed by atoms with Gasteiger partial charge in [0.05, 0.1) is 20.2 Å². The maximum Gasteiger partial charge on any atom is 0.270 e. The Labute approximate surface area is 173 Å². The molecule has 3 rings (SSSR count). The number of rotatable bonds is 6. The van der Waals surface area contributed by atoms with Crippen LogP contribution in [-0.2, 0) is 0 Å². The van der Waals surface area contributed by atoms with Gasteiger partial charge in [0.15, 0.2) is 10.9 Å². The fourth-order valence-corrected chi connectivity index (χ4v) is 3.81. The molecule has 0 aliphatic carbocycles. The lowest BCUT2D eigenvalue weighted by Crippen LogP contribution is -2.37. The van der Waals surface area contributed by atoms with E-state index in [1.807, 2.05) is 4.90 Å². The maximum absolute atomic E-state index is 14.1. The molecule has 152 valence electrons. The fourth-order valence-electron chi connectivity index (χ4n) is 2.58. The van der Waals surface area contributed by atoms with E-state index in [9.17, 15) is 23.7 Å². The topological polar surface area (TPSA) is 79.6 Å². The number of likely N-dealkylation sites (N-methyl/N-ethyl adjacent to an activating group) is 1. The smallest absolute Gasteiger partial charge is 0.270 e. The van der Waals surface area contributed by atoms with E-state index in [4.69, 9.17) is 11.6 Å². The molecule has 0 radical (unpaired) electrons. The molecule has 1 heterocycles. The minimum Gasteiger partial charge on any atom is -0.308 e. The molecule has 29 heavy (non-hydrogen) atoms. The summed E-state index contributed by atoms with van der Waals surface area (Å²) in [6, 6.07) is 5.40. The molecule has 0 N–H and O–H groups in total. The minimum atomic E-state index is -0.837. The number of nitro benzene ring substituents is 1. The second kappa shape index (κ2) is 8.36. The predicted molar refractivity (Wildman–Crippen MR) is 108 cm³/mol. The average molecular weight is 441 g/mol. The zero-order chi connectivity index (χ0) is 21.3. The molecule has 0 bridgehead atoms. The molecule has 0 spiro atoms. The fraction of sp³-hybridized carbons (Fsp3) is 0.222. The number of hydrogen-bond donors (Lipinski definition) is 0. The maximum atomic E-state index is 14.1.